The number of amides is 7. The predicted octanol–water partition coefficient (Wildman–Crippen LogP) is 5.10. The van der Waals surface area contributed by atoms with Crippen LogP contribution < -0.4 is 26.6 Å². The first-order valence-corrected chi connectivity index (χ1v) is 39.2. The standard InChI is InChI=1S/C85H97N7O27/c93-37-36-91(83(104)111-49-55-30-16-5-17-31-55)42-63-62(95)39-61(89-81(102)109-47-53-26-12-3-13-27-53)75(113-63)117-70-60(88-80(101)108-46-52-24-10-2-11-25-52)38-59(87-78(99)85(106)40-58(41-85)86-79(100)107-45-51-22-8-1-9-23-51)67(96)73(70)119-77-69(98)72(65(44-94)115-77)118-76-66(90-82(103)110-48-54-28-14-4-15-29-54)68(97)71-64(114-76)43-92(74(116-71)57-34-20-7-21-35-57)84(105)112-50-56-32-18-6-19-33-56/h1-35,58-77,93-98,106H,36-50H2,(H,86,100)(H,87,99)(H,88,101)(H,89,102)(H,90,103)/t58-,59-,60+,61-,62+,63-,64+,65-,66-,67+,68-,69-,70-,71-,72-,73-,74?,75-,76-,77+,85-/m1/s1. The molecule has 6 fully saturated rings. The number of hydrogen-bond donors (Lipinski definition) is 12. The second-order valence-electron chi connectivity index (χ2n) is 29.7. The van der Waals surface area contributed by atoms with E-state index >= 15 is 0 Å². The van der Waals surface area contributed by atoms with Crippen LogP contribution in [0.25, 0.3) is 0 Å². The number of carbonyl (C=O) groups is 7. The average Bonchev–Trinajstić information content (AvgIpc) is 1.63. The summed E-state index contributed by atoms with van der Waals surface area (Å²) in [7, 11) is 0. The average molecular weight is 1650 g/mol. The van der Waals surface area contributed by atoms with Crippen LogP contribution in [0.1, 0.15) is 70.9 Å². The number of alkyl carbamates (subject to hydrolysis) is 4. The van der Waals surface area contributed by atoms with Crippen LogP contribution in [-0.2, 0) is 106 Å². The van der Waals surface area contributed by atoms with Gasteiger partial charge in [-0.3, -0.25) is 9.69 Å². The summed E-state index contributed by atoms with van der Waals surface area (Å²) < 4.78 is 80.6. The van der Waals surface area contributed by atoms with Crippen LogP contribution in [0.5, 0.6) is 0 Å². The van der Waals surface area contributed by atoms with Gasteiger partial charge in [0.2, 0.25) is 0 Å². The van der Waals surface area contributed by atoms with Gasteiger partial charge in [-0.1, -0.05) is 212 Å². The molecule has 34 nitrogen and oxygen atoms in total. The molecule has 119 heavy (non-hydrogen) atoms. The number of ether oxygens (including phenoxy) is 13. The van der Waals surface area contributed by atoms with E-state index in [1.165, 1.54) is 4.90 Å². The molecule has 4 saturated heterocycles. The molecule has 19 atom stereocenters. The molecule has 4 heterocycles. The summed E-state index contributed by atoms with van der Waals surface area (Å²) in [5.41, 5.74) is 1.98. The Morgan fingerprint density at radius 3 is 1.39 bits per heavy atom. The van der Waals surface area contributed by atoms with Gasteiger partial charge in [0.25, 0.3) is 5.91 Å². The van der Waals surface area contributed by atoms with E-state index in [9.17, 15) is 69.3 Å². The Balaban J connectivity index is 0.824. The van der Waals surface area contributed by atoms with E-state index in [1.807, 2.05) is 0 Å². The summed E-state index contributed by atoms with van der Waals surface area (Å²) in [6, 6.07) is 53.8. The lowest BCUT2D eigenvalue weighted by molar-refractivity contribution is -0.323. The molecule has 0 radical (unpaired) electrons. The molecule has 634 valence electrons. The summed E-state index contributed by atoms with van der Waals surface area (Å²) >= 11 is 0. The molecular formula is C85H97N7O27. The van der Waals surface area contributed by atoms with Crippen molar-refractivity contribution in [3.05, 3.63) is 251 Å². The Bertz CT molecular complexity index is 4410. The molecule has 0 spiro atoms. The number of aliphatic hydroxyl groups is 7. The number of nitrogens with zero attached hydrogens (tertiary/aromatic N) is 2. The number of aliphatic hydroxyl groups excluding tert-OH is 6. The van der Waals surface area contributed by atoms with Gasteiger partial charge < -0.3 is 129 Å². The lowest BCUT2D eigenvalue weighted by Crippen LogP contribution is -2.70. The van der Waals surface area contributed by atoms with Crippen molar-refractivity contribution in [2.75, 3.05) is 32.8 Å². The molecule has 7 aromatic carbocycles. The Kier molecular flexibility index (Phi) is 29.7. The van der Waals surface area contributed by atoms with E-state index < -0.39 is 203 Å². The molecule has 7 aromatic rings. The van der Waals surface area contributed by atoms with E-state index in [0.717, 1.165) is 4.90 Å². The lowest BCUT2D eigenvalue weighted by Gasteiger charge is -2.51. The number of fused-ring (bicyclic) bond motifs is 1. The van der Waals surface area contributed by atoms with Crippen molar-refractivity contribution in [1.29, 1.82) is 0 Å². The van der Waals surface area contributed by atoms with Gasteiger partial charge in [0.05, 0.1) is 50.5 Å². The van der Waals surface area contributed by atoms with Gasteiger partial charge in [0.1, 0.15) is 112 Å². The van der Waals surface area contributed by atoms with Gasteiger partial charge in [-0.05, 0) is 39.8 Å². The molecule has 12 N–H and O–H groups in total. The fourth-order valence-corrected chi connectivity index (χ4v) is 15.0. The van der Waals surface area contributed by atoms with E-state index in [4.69, 9.17) is 61.6 Å². The smallest absolute Gasteiger partial charge is 0.412 e. The Labute approximate surface area is 684 Å². The molecule has 34 heteroatoms. The van der Waals surface area contributed by atoms with Crippen molar-refractivity contribution in [1.82, 2.24) is 36.4 Å². The van der Waals surface area contributed by atoms with Crippen molar-refractivity contribution >= 4 is 42.5 Å². The van der Waals surface area contributed by atoms with Gasteiger partial charge in [0, 0.05) is 37.4 Å². The van der Waals surface area contributed by atoms with Crippen LogP contribution in [0.15, 0.2) is 212 Å². The third-order valence-electron chi connectivity index (χ3n) is 21.2. The Morgan fingerprint density at radius 1 is 0.437 bits per heavy atom. The first-order valence-electron chi connectivity index (χ1n) is 39.2. The summed E-state index contributed by atoms with van der Waals surface area (Å²) in [4.78, 5) is 101. The Morgan fingerprint density at radius 2 is 0.882 bits per heavy atom. The van der Waals surface area contributed by atoms with Crippen LogP contribution >= 0.6 is 0 Å². The van der Waals surface area contributed by atoms with Gasteiger partial charge in [-0.25, -0.2) is 28.8 Å². The third-order valence-corrected chi connectivity index (χ3v) is 21.2. The van der Waals surface area contributed by atoms with Crippen molar-refractivity contribution in [2.45, 2.75) is 193 Å². The minimum Gasteiger partial charge on any atom is -0.445 e. The van der Waals surface area contributed by atoms with Gasteiger partial charge >= 0.3 is 36.6 Å². The molecule has 2 aliphatic carbocycles. The molecule has 4 aliphatic heterocycles. The minimum atomic E-state index is -2.21. The van der Waals surface area contributed by atoms with Gasteiger partial charge in [-0.2, -0.15) is 0 Å². The van der Waals surface area contributed by atoms with Gasteiger partial charge in [-0.15, -0.1) is 0 Å². The van der Waals surface area contributed by atoms with Crippen molar-refractivity contribution in [3.63, 3.8) is 0 Å². The van der Waals surface area contributed by atoms with Crippen LogP contribution in [0, 0.1) is 0 Å². The van der Waals surface area contributed by atoms with Crippen LogP contribution in [0.3, 0.4) is 0 Å². The molecule has 7 amide bonds. The number of nitrogens with one attached hydrogen (secondary N) is 5. The molecule has 1 unspecified atom stereocenters. The highest BCUT2D eigenvalue weighted by molar-refractivity contribution is 5.87. The summed E-state index contributed by atoms with van der Waals surface area (Å²) in [5.74, 6) is -1.07. The largest absolute Gasteiger partial charge is 0.445 e. The number of carbonyl (C=O) groups excluding carboxylic acids is 7. The summed E-state index contributed by atoms with van der Waals surface area (Å²) in [6.07, 6.45) is -33.7. The summed E-state index contributed by atoms with van der Waals surface area (Å²) in [6.45, 7) is -3.97. The zero-order valence-corrected chi connectivity index (χ0v) is 64.6. The second-order valence-corrected chi connectivity index (χ2v) is 29.7. The highest BCUT2D eigenvalue weighted by Gasteiger charge is 2.59. The highest BCUT2D eigenvalue weighted by Crippen LogP contribution is 2.41. The maximum absolute atomic E-state index is 14.7. The zero-order valence-electron chi connectivity index (χ0n) is 64.6. The fraction of sp³-hybridized carbons (Fsp3) is 0.424. The maximum atomic E-state index is 14.7. The minimum absolute atomic E-state index is 0.0825. The predicted molar refractivity (Wildman–Crippen MR) is 414 cm³/mol. The molecule has 0 aromatic heterocycles. The maximum Gasteiger partial charge on any atom is 0.412 e. The zero-order chi connectivity index (χ0) is 83.4. The first kappa shape index (κ1) is 85.9. The number of benzene rings is 7. The number of hydrogen-bond acceptors (Lipinski definition) is 27. The van der Waals surface area contributed by atoms with Crippen LogP contribution in [0.2, 0.25) is 0 Å². The third kappa shape index (κ3) is 22.7. The molecule has 2 saturated carbocycles. The van der Waals surface area contributed by atoms with E-state index in [-0.39, 0.29) is 65.6 Å². The highest BCUT2D eigenvalue weighted by atomic mass is 16.8. The SMILES string of the molecule is O=C(N[C@H]1[C@@H](O[C@H]2[C@@H](O)[C@H](O[C@@H]3[C@@H](O)[C@H](NC(=O)[C@]4(O)C[C@H](NC(=O)OCc5ccccc5)C4)C[C@H](NC(=O)OCc4ccccc4)[C@H]3O[C@H]3O[C@H](CN(CCO)C(=O)OCc4ccccc4)[C@@H](O)C[C@H]3NC(=O)OCc3ccccc3)O[C@@H]2CO)O[C@H]2CN(C(=O)OCc3ccccc3)C(c3ccccc3)O[C@H]2[C@@H]1O)OCc1ccccc1. The van der Waals surface area contributed by atoms with Crippen LogP contribution in [0.4, 0.5) is 28.8 Å². The molecule has 6 aliphatic rings. The van der Waals surface area contributed by atoms with E-state index in [2.05, 4.69) is 26.6 Å². The van der Waals surface area contributed by atoms with Crippen molar-refractivity contribution in [3.8, 4) is 0 Å². The molecular weight excluding hydrogens is 1550 g/mol. The lowest BCUT2D eigenvalue weighted by atomic mass is 9.74. The van der Waals surface area contributed by atoms with Crippen LogP contribution in [-0.4, -0.2) is 243 Å². The molecule has 0 bridgehead atoms. The van der Waals surface area contributed by atoms with E-state index in [0.29, 0.717) is 38.9 Å². The topological polar surface area (TPSA) is 448 Å². The normalized spacial score (nSPS) is 28.8. The second kappa shape index (κ2) is 41.2. The summed E-state index contributed by atoms with van der Waals surface area (Å²) in [5, 5.41) is 98.0. The molecule has 13 rings (SSSR count). The van der Waals surface area contributed by atoms with Crippen molar-refractivity contribution in [2.24, 2.45) is 0 Å². The first-order chi connectivity index (χ1) is 57.7. The quantitative estimate of drug-likeness (QED) is 0.0260. The Hall–Kier alpha value is -10.9. The van der Waals surface area contributed by atoms with Gasteiger partial charge in [0.15, 0.2) is 25.1 Å². The fourth-order valence-electron chi connectivity index (χ4n) is 15.0. The number of rotatable bonds is 30. The monoisotopic (exact) mass is 1650 g/mol. The van der Waals surface area contributed by atoms with Crippen molar-refractivity contribution < 1.29 is 131 Å². The van der Waals surface area contributed by atoms with E-state index in [1.54, 1.807) is 212 Å².